The molecule has 0 aromatic carbocycles. The second-order valence-electron chi connectivity index (χ2n) is 2.69. The summed E-state index contributed by atoms with van der Waals surface area (Å²) >= 11 is 1.08. The zero-order valence-corrected chi connectivity index (χ0v) is 19.3. The Bertz CT molecular complexity index is 87.0. The Morgan fingerprint density at radius 2 is 2.56 bits per heavy atom. The van der Waals surface area contributed by atoms with Crippen LogP contribution in [0.15, 0.2) is 0 Å². The molecular weight excluding hydrogens is 402 g/mol. The summed E-state index contributed by atoms with van der Waals surface area (Å²) in [7, 11) is 0. The number of hydrogen-bond acceptors (Lipinski definition) is 2. The van der Waals surface area contributed by atoms with E-state index in [0.717, 1.165) is 60.6 Å². The van der Waals surface area contributed by atoms with Crippen molar-refractivity contribution in [2.24, 2.45) is 5.92 Å². The van der Waals surface area contributed by atoms with Crippen LogP contribution in [0.3, 0.4) is 0 Å². The van der Waals surface area contributed by atoms with Gasteiger partial charge in [-0.05, 0) is 0 Å². The molecule has 0 aromatic heterocycles. The summed E-state index contributed by atoms with van der Waals surface area (Å²) in [5.74, 6) is 0.896. The van der Waals surface area contributed by atoms with Crippen LogP contribution < -0.4 is 5.32 Å². The topological polar surface area (TPSA) is 21.3 Å². The van der Waals surface area contributed by atoms with Crippen molar-refractivity contribution >= 4 is 55.5 Å². The van der Waals surface area contributed by atoms with E-state index in [0.29, 0.717) is 43.4 Å². The first-order valence-corrected chi connectivity index (χ1v) is 9.77. The monoisotopic (exact) mass is 411 g/mol. The first-order chi connectivity index (χ1) is 4.34. The van der Waals surface area contributed by atoms with Crippen molar-refractivity contribution in [1.29, 1.82) is 0 Å². The second kappa shape index (κ2) is 5.77. The first kappa shape index (κ1) is 10.3. The van der Waals surface area contributed by atoms with Gasteiger partial charge in [0, 0.05) is 0 Å². The molecule has 0 saturated carbocycles. The third-order valence-electron chi connectivity index (χ3n) is 2.13. The zero-order valence-electron chi connectivity index (χ0n) is 6.18. The number of rotatable bonds is 2. The summed E-state index contributed by atoms with van der Waals surface area (Å²) in [6, 6.07) is 0. The molecule has 2 atom stereocenters. The van der Waals surface area contributed by atoms with Crippen molar-refractivity contribution in [3.8, 4) is 0 Å². The van der Waals surface area contributed by atoms with Gasteiger partial charge >= 0.3 is 129 Å². The Balaban J connectivity index is 2.24. The van der Waals surface area contributed by atoms with Crippen molar-refractivity contribution in [2.45, 2.75) is 5.59 Å². The SMILES string of the molecule is [Rb][CH]([O][RaH])C1CCNC1. The molecule has 1 heterocycles. The number of hydrogen-bond donors (Lipinski definition) is 1. The molecule has 1 fully saturated rings. The van der Waals surface area contributed by atoms with Crippen LogP contribution in [0, 0.1) is 49.3 Å². The van der Waals surface area contributed by atoms with Crippen LogP contribution in [-0.4, -0.2) is 67.8 Å². The van der Waals surface area contributed by atoms with E-state index in [1.165, 1.54) is 19.5 Å². The Morgan fingerprint density at radius 3 is 3.00 bits per heavy atom. The van der Waals surface area contributed by atoms with Gasteiger partial charge in [-0.15, -0.1) is 0 Å². The van der Waals surface area contributed by atoms with Gasteiger partial charge in [-0.3, -0.25) is 0 Å². The van der Waals surface area contributed by atoms with Gasteiger partial charge in [-0.25, -0.2) is 0 Å². The van der Waals surface area contributed by atoms with Gasteiger partial charge < -0.3 is 0 Å². The summed E-state index contributed by atoms with van der Waals surface area (Å²) in [4.78, 5) is 0. The van der Waals surface area contributed by atoms with E-state index in [9.17, 15) is 0 Å². The Labute approximate surface area is 126 Å². The second-order valence-corrected chi connectivity index (χ2v) is 7.43. The molecule has 4 heteroatoms. The Morgan fingerprint density at radius 1 is 1.78 bits per heavy atom. The Hall–Kier alpha value is 3.19. The van der Waals surface area contributed by atoms with E-state index in [1.807, 2.05) is 0 Å². The molecule has 0 amide bonds. The van der Waals surface area contributed by atoms with E-state index in [4.69, 9.17) is 0.545 Å². The first-order valence-electron chi connectivity index (χ1n) is 3.58. The van der Waals surface area contributed by atoms with Crippen LogP contribution in [0.1, 0.15) is 6.42 Å². The van der Waals surface area contributed by atoms with Crippen LogP contribution >= 0.6 is 0 Å². The average molecular weight is 412 g/mol. The van der Waals surface area contributed by atoms with Gasteiger partial charge in [0.25, 0.3) is 0 Å². The molecule has 2 unspecified atom stereocenters. The molecule has 0 bridgehead atoms. The predicted molar refractivity (Wildman–Crippen MR) is 33.0 cm³/mol. The van der Waals surface area contributed by atoms with E-state index in [-0.39, 0.29) is 0 Å². The molecule has 1 aliphatic rings. The average Bonchev–Trinajstić information content (AvgIpc) is 2.37. The molecular formula is C5H10NORaRb. The van der Waals surface area contributed by atoms with Crippen molar-refractivity contribution in [1.82, 2.24) is 5.32 Å². The third-order valence-corrected chi connectivity index (χ3v) is 18.2. The van der Waals surface area contributed by atoms with Crippen LogP contribution in [0.5, 0.6) is 0 Å². The van der Waals surface area contributed by atoms with E-state index in [1.54, 1.807) is 0 Å². The summed E-state index contributed by atoms with van der Waals surface area (Å²) in [5, 5.41) is 3.37. The minimum atomic E-state index is 0.344. The Kier molecular flexibility index (Phi) is 6.59. The molecule has 9 heavy (non-hydrogen) atoms. The standard InChI is InChI=1S/C5H9NO.Ra.Rb.H/c7-4-5-1-2-6-3-5;;;/h4-6H,1-3H2;;;/q-1;+1;;. The summed E-state index contributed by atoms with van der Waals surface area (Å²) in [6.07, 6.45) is 1.36. The molecule has 0 spiro atoms. The van der Waals surface area contributed by atoms with Crippen molar-refractivity contribution in [3.05, 3.63) is 0 Å². The summed E-state index contributed by atoms with van der Waals surface area (Å²) in [5.41, 5.74) is 0. The van der Waals surface area contributed by atoms with E-state index < -0.39 is 0 Å². The summed E-state index contributed by atoms with van der Waals surface area (Å²) < 4.78 is 6.26. The number of nitrogens with one attached hydrogen (secondary N) is 1. The molecule has 1 saturated heterocycles. The van der Waals surface area contributed by atoms with Crippen LogP contribution in [0.2, 0.25) is 0 Å². The van der Waals surface area contributed by atoms with Crippen LogP contribution in [0.25, 0.3) is 0 Å². The molecule has 1 rings (SSSR count). The molecule has 1 aliphatic heterocycles. The fourth-order valence-electron chi connectivity index (χ4n) is 1.27. The van der Waals surface area contributed by atoms with Crippen molar-refractivity contribution in [2.75, 3.05) is 13.1 Å². The fraction of sp³-hybridized carbons (Fsp3) is 1.00. The molecule has 0 aliphatic carbocycles. The molecule has 44 valence electrons. The molecule has 2 nitrogen and oxygen atoms in total. The summed E-state index contributed by atoms with van der Waals surface area (Å²) in [6.45, 7) is 2.45. The fourth-order valence-corrected chi connectivity index (χ4v) is 4.25. The van der Waals surface area contributed by atoms with Gasteiger partial charge in [-0.2, -0.15) is 0 Å². The van der Waals surface area contributed by atoms with Gasteiger partial charge in [0.1, 0.15) is 0 Å². The van der Waals surface area contributed by atoms with Crippen LogP contribution in [-0.2, 0) is 0.545 Å². The molecule has 1 N–H and O–H groups in total. The third kappa shape index (κ3) is 3.61. The molecule has 0 aromatic rings. The zero-order chi connectivity index (χ0) is 6.69. The van der Waals surface area contributed by atoms with Gasteiger partial charge in [-0.1, -0.05) is 0 Å². The van der Waals surface area contributed by atoms with E-state index in [2.05, 4.69) is 5.32 Å². The predicted octanol–water partition coefficient (Wildman–Crippen LogP) is -0.696. The van der Waals surface area contributed by atoms with Gasteiger partial charge in [0.05, 0.1) is 0 Å². The normalized spacial score (nSPS) is 30.6. The maximum atomic E-state index is 5.52. The molecule has 0 radical (unpaired) electrons. The van der Waals surface area contributed by atoms with Crippen molar-refractivity contribution < 1.29 is 44.0 Å². The van der Waals surface area contributed by atoms with Crippen molar-refractivity contribution in [3.63, 3.8) is 0 Å². The van der Waals surface area contributed by atoms with E-state index >= 15 is 0 Å². The van der Waals surface area contributed by atoms with Gasteiger partial charge in [0.2, 0.25) is 0 Å². The minimum absolute atomic E-state index is 0.344. The maximum absolute atomic E-state index is 5.52. The van der Waals surface area contributed by atoms with Crippen LogP contribution in [0.4, 0.5) is 0 Å². The van der Waals surface area contributed by atoms with Gasteiger partial charge in [0.15, 0.2) is 0 Å². The quantitative estimate of drug-likeness (QED) is 0.649.